The number of carbonyl (C=O) groups is 1. The summed E-state index contributed by atoms with van der Waals surface area (Å²) in [6.45, 7) is 4.42. The highest BCUT2D eigenvalue weighted by Gasteiger charge is 2.22. The van der Waals surface area contributed by atoms with Crippen molar-refractivity contribution in [3.63, 3.8) is 0 Å². The van der Waals surface area contributed by atoms with E-state index in [0.29, 0.717) is 18.7 Å². The Morgan fingerprint density at radius 3 is 2.70 bits per heavy atom. The Morgan fingerprint density at radius 2 is 2.00 bits per heavy atom. The van der Waals surface area contributed by atoms with Crippen LogP contribution in [0.2, 0.25) is 0 Å². The van der Waals surface area contributed by atoms with Crippen molar-refractivity contribution in [2.24, 2.45) is 0 Å². The first-order valence-corrected chi connectivity index (χ1v) is 8.40. The van der Waals surface area contributed by atoms with E-state index < -0.39 is 9.84 Å². The van der Waals surface area contributed by atoms with Gasteiger partial charge in [0.2, 0.25) is 0 Å². The van der Waals surface area contributed by atoms with Crippen molar-refractivity contribution in [1.29, 1.82) is 0 Å². The van der Waals surface area contributed by atoms with Crippen LogP contribution in [0.25, 0.3) is 0 Å². The molecule has 2 rings (SSSR count). The number of nitrogens with one attached hydrogen (secondary N) is 1. The molecule has 20 heavy (non-hydrogen) atoms. The molecule has 0 aromatic carbocycles. The largest absolute Gasteiger partial charge is 0.323 e. The fourth-order valence-corrected chi connectivity index (χ4v) is 3.43. The minimum Gasteiger partial charge on any atom is -0.323 e. The van der Waals surface area contributed by atoms with Crippen LogP contribution in [0.5, 0.6) is 0 Å². The molecule has 1 saturated heterocycles. The fourth-order valence-electron chi connectivity index (χ4n) is 2.15. The molecule has 2 heterocycles. The highest BCUT2D eigenvalue weighted by molar-refractivity contribution is 7.91. The molecule has 110 valence electrons. The van der Waals surface area contributed by atoms with Crippen LogP contribution in [0.4, 0.5) is 10.5 Å². The second kappa shape index (κ2) is 5.78. The number of hydrogen-bond acceptors (Lipinski definition) is 4. The van der Waals surface area contributed by atoms with Gasteiger partial charge >= 0.3 is 6.03 Å². The number of pyridine rings is 1. The first-order valence-electron chi connectivity index (χ1n) is 6.58. The van der Waals surface area contributed by atoms with Gasteiger partial charge in [0.25, 0.3) is 0 Å². The van der Waals surface area contributed by atoms with E-state index in [1.807, 2.05) is 26.0 Å². The summed E-state index contributed by atoms with van der Waals surface area (Å²) in [6, 6.07) is 3.37. The number of sulfone groups is 1. The minimum atomic E-state index is -3.01. The molecule has 0 aliphatic carbocycles. The molecule has 7 heteroatoms. The number of rotatable bonds is 1. The third kappa shape index (κ3) is 3.69. The Hall–Kier alpha value is -1.63. The zero-order valence-corrected chi connectivity index (χ0v) is 12.5. The first kappa shape index (κ1) is 14.8. The Morgan fingerprint density at radius 1 is 1.25 bits per heavy atom. The van der Waals surface area contributed by atoms with Crippen molar-refractivity contribution in [3.8, 4) is 0 Å². The number of hydrogen-bond donors (Lipinski definition) is 1. The van der Waals surface area contributed by atoms with Crippen molar-refractivity contribution < 1.29 is 13.2 Å². The quantitative estimate of drug-likeness (QED) is 0.848. The van der Waals surface area contributed by atoms with Gasteiger partial charge in [0.1, 0.15) is 0 Å². The van der Waals surface area contributed by atoms with E-state index in [1.165, 1.54) is 0 Å². The van der Waals surface area contributed by atoms with Crippen LogP contribution < -0.4 is 5.32 Å². The molecule has 0 saturated carbocycles. The van der Waals surface area contributed by atoms with Crippen LogP contribution in [0.1, 0.15) is 17.8 Å². The van der Waals surface area contributed by atoms with Gasteiger partial charge in [-0.15, -0.1) is 0 Å². The molecule has 2 amide bonds. The van der Waals surface area contributed by atoms with Crippen LogP contribution in [-0.4, -0.2) is 48.9 Å². The van der Waals surface area contributed by atoms with Crippen LogP contribution in [0.15, 0.2) is 12.1 Å². The van der Waals surface area contributed by atoms with Crippen LogP contribution in [-0.2, 0) is 9.84 Å². The molecule has 0 atom stereocenters. The van der Waals surface area contributed by atoms with E-state index in [-0.39, 0.29) is 24.1 Å². The van der Waals surface area contributed by atoms with Gasteiger partial charge in [-0.25, -0.2) is 13.2 Å². The normalized spacial score (nSPS) is 18.4. The topological polar surface area (TPSA) is 79.4 Å². The van der Waals surface area contributed by atoms with E-state index in [2.05, 4.69) is 10.3 Å². The zero-order valence-electron chi connectivity index (χ0n) is 11.7. The molecule has 0 bridgehead atoms. The lowest BCUT2D eigenvalue weighted by molar-refractivity contribution is 0.215. The standard InChI is InChI=1S/C13H19N3O3S/c1-10-4-5-12(11(2)14-10)15-13(17)16-6-3-8-20(18,19)9-7-16/h4-5H,3,6-9H2,1-2H3,(H,15,17). The van der Waals surface area contributed by atoms with Gasteiger partial charge in [-0.3, -0.25) is 4.98 Å². The maximum absolute atomic E-state index is 12.2. The molecule has 0 unspecified atom stereocenters. The Kier molecular flexibility index (Phi) is 4.27. The Labute approximate surface area is 119 Å². The second-order valence-electron chi connectivity index (χ2n) is 5.01. The monoisotopic (exact) mass is 297 g/mol. The highest BCUT2D eigenvalue weighted by atomic mass is 32.2. The molecule has 6 nitrogen and oxygen atoms in total. The van der Waals surface area contributed by atoms with E-state index in [9.17, 15) is 13.2 Å². The molecule has 1 N–H and O–H groups in total. The smallest absolute Gasteiger partial charge is 0.321 e. The number of nitrogens with zero attached hydrogens (tertiary/aromatic N) is 2. The Bertz CT molecular complexity index is 613. The second-order valence-corrected chi connectivity index (χ2v) is 7.31. The molecule has 0 radical (unpaired) electrons. The first-order chi connectivity index (χ1) is 9.37. The van der Waals surface area contributed by atoms with Gasteiger partial charge in [0, 0.05) is 18.8 Å². The molecule has 1 aliphatic heterocycles. The average Bonchev–Trinajstić information content (AvgIpc) is 2.54. The summed E-state index contributed by atoms with van der Waals surface area (Å²) >= 11 is 0. The fraction of sp³-hybridized carbons (Fsp3) is 0.538. The maximum Gasteiger partial charge on any atom is 0.321 e. The molecule has 1 aromatic heterocycles. The summed E-state index contributed by atoms with van der Waals surface area (Å²) in [5.74, 6) is 0.188. The summed E-state index contributed by atoms with van der Waals surface area (Å²) in [5, 5.41) is 2.79. The number of aryl methyl sites for hydroxylation is 2. The SMILES string of the molecule is Cc1ccc(NC(=O)N2CCCS(=O)(=O)CC2)c(C)n1. The summed E-state index contributed by atoms with van der Waals surface area (Å²) in [6.07, 6.45) is 0.487. The predicted molar refractivity (Wildman–Crippen MR) is 77.6 cm³/mol. The summed E-state index contributed by atoms with van der Waals surface area (Å²) in [4.78, 5) is 18.0. The van der Waals surface area contributed by atoms with E-state index >= 15 is 0 Å². The van der Waals surface area contributed by atoms with Gasteiger partial charge in [0.15, 0.2) is 9.84 Å². The van der Waals surface area contributed by atoms with Crippen molar-refractivity contribution in [1.82, 2.24) is 9.88 Å². The number of amides is 2. The average molecular weight is 297 g/mol. The lowest BCUT2D eigenvalue weighted by atomic mass is 10.3. The van der Waals surface area contributed by atoms with E-state index in [4.69, 9.17) is 0 Å². The van der Waals surface area contributed by atoms with Crippen molar-refractivity contribution in [2.75, 3.05) is 29.9 Å². The van der Waals surface area contributed by atoms with Crippen molar-refractivity contribution in [3.05, 3.63) is 23.5 Å². The summed E-state index contributed by atoms with van der Waals surface area (Å²) in [5.41, 5.74) is 2.30. The third-order valence-corrected chi connectivity index (χ3v) is 5.02. The van der Waals surface area contributed by atoms with Gasteiger partial charge in [-0.2, -0.15) is 0 Å². The number of anilines is 1. The lowest BCUT2D eigenvalue weighted by Crippen LogP contribution is -2.37. The maximum atomic E-state index is 12.2. The van der Waals surface area contributed by atoms with Crippen molar-refractivity contribution in [2.45, 2.75) is 20.3 Å². The van der Waals surface area contributed by atoms with Crippen LogP contribution >= 0.6 is 0 Å². The molecular weight excluding hydrogens is 278 g/mol. The highest BCUT2D eigenvalue weighted by Crippen LogP contribution is 2.14. The van der Waals surface area contributed by atoms with E-state index in [1.54, 1.807) is 4.90 Å². The van der Waals surface area contributed by atoms with Gasteiger partial charge < -0.3 is 10.2 Å². The summed E-state index contributed by atoms with van der Waals surface area (Å²) in [7, 11) is -3.01. The molecule has 1 fully saturated rings. The predicted octanol–water partition coefficient (Wildman–Crippen LogP) is 1.35. The van der Waals surface area contributed by atoms with Gasteiger partial charge in [-0.1, -0.05) is 0 Å². The summed E-state index contributed by atoms with van der Waals surface area (Å²) < 4.78 is 23.0. The molecule has 1 aromatic rings. The lowest BCUT2D eigenvalue weighted by Gasteiger charge is -2.20. The third-order valence-electron chi connectivity index (χ3n) is 3.31. The van der Waals surface area contributed by atoms with Crippen LogP contribution in [0, 0.1) is 13.8 Å². The minimum absolute atomic E-state index is 0.0333. The molecule has 1 aliphatic rings. The Balaban J connectivity index is 2.04. The molecular formula is C13H19N3O3S. The van der Waals surface area contributed by atoms with Crippen LogP contribution in [0.3, 0.4) is 0 Å². The van der Waals surface area contributed by atoms with Gasteiger partial charge in [0.05, 0.1) is 22.9 Å². The number of aromatic nitrogens is 1. The number of urea groups is 1. The van der Waals surface area contributed by atoms with E-state index in [0.717, 1.165) is 11.4 Å². The van der Waals surface area contributed by atoms with Crippen molar-refractivity contribution >= 4 is 21.6 Å². The molecule has 0 spiro atoms. The zero-order chi connectivity index (χ0) is 14.8. The number of carbonyl (C=O) groups excluding carboxylic acids is 1. The van der Waals surface area contributed by atoms with Gasteiger partial charge in [-0.05, 0) is 32.4 Å².